The lowest BCUT2D eigenvalue weighted by Gasteiger charge is -2.28. The largest absolute Gasteiger partial charge is 0.495 e. The number of ether oxygens (including phenoxy) is 2. The van der Waals surface area contributed by atoms with Crippen LogP contribution in [0.3, 0.4) is 0 Å². The number of anilines is 1. The quantitative estimate of drug-likeness (QED) is 0.695. The standard InChI is InChI=1S/C14H22N2O6S2/c1-21-9-7-15-24(19,20)14-11-12(5-6-13(14)22-2)16-8-3-4-10-23(16,17)18/h5-6,11,15H,3-4,7-10H2,1-2H3. The van der Waals surface area contributed by atoms with E-state index in [1.807, 2.05) is 0 Å². The van der Waals surface area contributed by atoms with Crippen molar-refractivity contribution >= 4 is 25.7 Å². The second kappa shape index (κ2) is 7.68. The van der Waals surface area contributed by atoms with E-state index < -0.39 is 20.0 Å². The molecule has 0 amide bonds. The fourth-order valence-electron chi connectivity index (χ4n) is 2.47. The molecule has 0 atom stereocenters. The molecule has 1 aliphatic rings. The van der Waals surface area contributed by atoms with Crippen LogP contribution < -0.4 is 13.8 Å². The highest BCUT2D eigenvalue weighted by Gasteiger charge is 2.28. The fourth-order valence-corrected chi connectivity index (χ4v) is 5.30. The van der Waals surface area contributed by atoms with Gasteiger partial charge in [0.05, 0.1) is 25.2 Å². The van der Waals surface area contributed by atoms with Gasteiger partial charge in [-0.15, -0.1) is 0 Å². The van der Waals surface area contributed by atoms with Crippen molar-refractivity contribution in [2.24, 2.45) is 0 Å². The van der Waals surface area contributed by atoms with Crippen molar-refractivity contribution in [3.63, 3.8) is 0 Å². The summed E-state index contributed by atoms with van der Waals surface area (Å²) in [5.74, 6) is 0.214. The van der Waals surface area contributed by atoms with E-state index in [2.05, 4.69) is 4.72 Å². The van der Waals surface area contributed by atoms with Crippen LogP contribution in [-0.4, -0.2) is 56.5 Å². The summed E-state index contributed by atoms with van der Waals surface area (Å²) in [5.41, 5.74) is 0.322. The zero-order chi connectivity index (χ0) is 17.8. The van der Waals surface area contributed by atoms with Gasteiger partial charge in [-0.05, 0) is 31.0 Å². The third kappa shape index (κ3) is 4.18. The molecule has 2 rings (SSSR count). The molecule has 1 N–H and O–H groups in total. The normalized spacial score (nSPS) is 17.7. The van der Waals surface area contributed by atoms with Crippen LogP contribution in [-0.2, 0) is 24.8 Å². The number of methoxy groups -OCH3 is 2. The molecule has 0 unspecified atom stereocenters. The Labute approximate surface area is 142 Å². The van der Waals surface area contributed by atoms with E-state index in [1.54, 1.807) is 6.07 Å². The van der Waals surface area contributed by atoms with E-state index in [9.17, 15) is 16.8 Å². The molecule has 136 valence electrons. The van der Waals surface area contributed by atoms with Crippen molar-refractivity contribution in [3.8, 4) is 5.75 Å². The minimum absolute atomic E-state index is 0.0627. The van der Waals surface area contributed by atoms with Crippen LogP contribution in [0.4, 0.5) is 5.69 Å². The minimum atomic E-state index is -3.85. The first kappa shape index (κ1) is 19.0. The number of nitrogens with one attached hydrogen (secondary N) is 1. The first-order valence-corrected chi connectivity index (χ1v) is 10.6. The molecule has 1 aromatic carbocycles. The summed E-state index contributed by atoms with van der Waals surface area (Å²) < 4.78 is 63.0. The first-order valence-electron chi connectivity index (χ1n) is 7.49. The number of hydrogen-bond donors (Lipinski definition) is 1. The van der Waals surface area contributed by atoms with Crippen LogP contribution in [0.15, 0.2) is 23.1 Å². The average molecular weight is 378 g/mol. The second-order valence-electron chi connectivity index (χ2n) is 5.32. The predicted molar refractivity (Wildman–Crippen MR) is 90.4 cm³/mol. The Bertz CT molecular complexity index is 776. The second-order valence-corrected chi connectivity index (χ2v) is 9.07. The summed E-state index contributed by atoms with van der Waals surface area (Å²) in [7, 11) is -4.44. The van der Waals surface area contributed by atoms with Crippen LogP contribution in [0.2, 0.25) is 0 Å². The monoisotopic (exact) mass is 378 g/mol. The number of rotatable bonds is 7. The third-order valence-corrected chi connectivity index (χ3v) is 7.02. The van der Waals surface area contributed by atoms with Gasteiger partial charge in [-0.25, -0.2) is 21.6 Å². The zero-order valence-corrected chi connectivity index (χ0v) is 15.3. The van der Waals surface area contributed by atoms with Gasteiger partial charge in [0.25, 0.3) is 0 Å². The van der Waals surface area contributed by atoms with Crippen LogP contribution in [0.1, 0.15) is 12.8 Å². The number of benzene rings is 1. The summed E-state index contributed by atoms with van der Waals surface area (Å²) in [6.07, 6.45) is 1.35. The first-order chi connectivity index (χ1) is 11.3. The maximum Gasteiger partial charge on any atom is 0.244 e. The number of sulfonamides is 2. The van der Waals surface area contributed by atoms with E-state index in [-0.39, 0.29) is 29.5 Å². The molecule has 8 nitrogen and oxygen atoms in total. The maximum atomic E-state index is 12.5. The lowest BCUT2D eigenvalue weighted by Crippen LogP contribution is -2.38. The van der Waals surface area contributed by atoms with E-state index >= 15 is 0 Å². The van der Waals surface area contributed by atoms with Crippen molar-refractivity contribution in [1.29, 1.82) is 0 Å². The number of nitrogens with zero attached hydrogens (tertiary/aromatic N) is 1. The third-order valence-electron chi connectivity index (χ3n) is 3.67. The van der Waals surface area contributed by atoms with E-state index in [0.717, 1.165) is 6.42 Å². The molecule has 1 fully saturated rings. The van der Waals surface area contributed by atoms with E-state index in [0.29, 0.717) is 18.7 Å². The van der Waals surface area contributed by atoms with Gasteiger partial charge < -0.3 is 9.47 Å². The smallest absolute Gasteiger partial charge is 0.244 e. The highest BCUT2D eigenvalue weighted by atomic mass is 32.2. The van der Waals surface area contributed by atoms with Gasteiger partial charge in [0.2, 0.25) is 20.0 Å². The van der Waals surface area contributed by atoms with Gasteiger partial charge in [-0.1, -0.05) is 0 Å². The molecule has 10 heteroatoms. The maximum absolute atomic E-state index is 12.5. The molecule has 0 aliphatic carbocycles. The van der Waals surface area contributed by atoms with Gasteiger partial charge in [0.15, 0.2) is 0 Å². The van der Waals surface area contributed by atoms with Crippen LogP contribution in [0, 0.1) is 0 Å². The molecule has 1 saturated heterocycles. The van der Waals surface area contributed by atoms with Crippen molar-refractivity contribution in [2.45, 2.75) is 17.7 Å². The molecular weight excluding hydrogens is 356 g/mol. The molecule has 1 aromatic rings. The highest BCUT2D eigenvalue weighted by molar-refractivity contribution is 7.92. The number of hydrogen-bond acceptors (Lipinski definition) is 6. The van der Waals surface area contributed by atoms with Crippen molar-refractivity contribution < 1.29 is 26.3 Å². The van der Waals surface area contributed by atoms with Gasteiger partial charge in [-0.3, -0.25) is 4.31 Å². The molecule has 24 heavy (non-hydrogen) atoms. The van der Waals surface area contributed by atoms with E-state index in [1.165, 1.54) is 30.7 Å². The SMILES string of the molecule is COCCNS(=O)(=O)c1cc(N2CCCCS2(=O)=O)ccc1OC. The van der Waals surface area contributed by atoms with Crippen molar-refractivity contribution in [2.75, 3.05) is 44.0 Å². The Morgan fingerprint density at radius 3 is 2.62 bits per heavy atom. The fraction of sp³-hybridized carbons (Fsp3) is 0.571. The van der Waals surface area contributed by atoms with E-state index in [4.69, 9.17) is 9.47 Å². The van der Waals surface area contributed by atoms with Crippen molar-refractivity contribution in [1.82, 2.24) is 4.72 Å². The van der Waals surface area contributed by atoms with Gasteiger partial charge in [-0.2, -0.15) is 0 Å². The molecule has 0 radical (unpaired) electrons. The van der Waals surface area contributed by atoms with Crippen LogP contribution >= 0.6 is 0 Å². The lowest BCUT2D eigenvalue weighted by molar-refractivity contribution is 0.204. The van der Waals surface area contributed by atoms with Gasteiger partial charge in [0.1, 0.15) is 10.6 Å². The van der Waals surface area contributed by atoms with Gasteiger partial charge in [0, 0.05) is 20.2 Å². The molecule has 1 heterocycles. The van der Waals surface area contributed by atoms with Crippen LogP contribution in [0.25, 0.3) is 0 Å². The summed E-state index contributed by atoms with van der Waals surface area (Å²) in [4.78, 5) is -0.0978. The minimum Gasteiger partial charge on any atom is -0.495 e. The average Bonchev–Trinajstić information content (AvgIpc) is 2.54. The Morgan fingerprint density at radius 2 is 2.00 bits per heavy atom. The highest BCUT2D eigenvalue weighted by Crippen LogP contribution is 2.31. The van der Waals surface area contributed by atoms with Crippen LogP contribution in [0.5, 0.6) is 5.75 Å². The Hall–Kier alpha value is -1.36. The molecule has 0 bridgehead atoms. The molecule has 0 aromatic heterocycles. The Morgan fingerprint density at radius 1 is 1.25 bits per heavy atom. The van der Waals surface area contributed by atoms with Crippen molar-refractivity contribution in [3.05, 3.63) is 18.2 Å². The molecule has 0 saturated carbocycles. The Kier molecular flexibility index (Phi) is 6.07. The summed E-state index contributed by atoms with van der Waals surface area (Å²) in [5, 5.41) is 0. The predicted octanol–water partition coefficient (Wildman–Crippen LogP) is 0.550. The molecular formula is C14H22N2O6S2. The summed E-state index contributed by atoms with van der Waals surface area (Å²) in [6, 6.07) is 4.34. The lowest BCUT2D eigenvalue weighted by atomic mass is 10.2. The topological polar surface area (TPSA) is 102 Å². The summed E-state index contributed by atoms with van der Waals surface area (Å²) >= 11 is 0. The van der Waals surface area contributed by atoms with Gasteiger partial charge >= 0.3 is 0 Å². The zero-order valence-electron chi connectivity index (χ0n) is 13.7. The molecule has 1 aliphatic heterocycles. The Balaban J connectivity index is 2.41. The summed E-state index contributed by atoms with van der Waals surface area (Å²) in [6.45, 7) is 0.668. The molecule has 0 spiro atoms.